The maximum Gasteiger partial charge on any atom is 0.224 e. The zero-order chi connectivity index (χ0) is 19.9. The number of aryl methyl sites for hydroxylation is 1. The Kier molecular flexibility index (Phi) is 6.55. The summed E-state index contributed by atoms with van der Waals surface area (Å²) in [5.74, 6) is 2.78. The number of aromatic nitrogens is 2. The van der Waals surface area contributed by atoms with Gasteiger partial charge in [0.1, 0.15) is 17.3 Å². The fraction of sp³-hybridized carbons (Fsp3) is 0.238. The molecule has 0 spiro atoms. The van der Waals surface area contributed by atoms with Gasteiger partial charge < -0.3 is 20.1 Å². The van der Waals surface area contributed by atoms with Crippen molar-refractivity contribution in [3.05, 3.63) is 64.8 Å². The molecule has 0 amide bonds. The zero-order valence-electron chi connectivity index (χ0n) is 16.1. The molecule has 0 saturated heterocycles. The second-order valence-corrected chi connectivity index (χ2v) is 6.65. The molecule has 1 aromatic heterocycles. The summed E-state index contributed by atoms with van der Waals surface area (Å²) in [7, 11) is 3.28. The summed E-state index contributed by atoms with van der Waals surface area (Å²) < 4.78 is 10.6. The maximum absolute atomic E-state index is 6.10. The van der Waals surface area contributed by atoms with E-state index in [0.717, 1.165) is 30.1 Å². The summed E-state index contributed by atoms with van der Waals surface area (Å²) in [4.78, 5) is 9.00. The predicted octanol–water partition coefficient (Wildman–Crippen LogP) is 4.85. The number of nitrogens with zero attached hydrogens (tertiary/aromatic N) is 2. The molecule has 0 saturated carbocycles. The molecule has 2 aromatic carbocycles. The highest BCUT2D eigenvalue weighted by atomic mass is 35.5. The van der Waals surface area contributed by atoms with Crippen LogP contribution in [0.1, 0.15) is 11.3 Å². The first-order valence-corrected chi connectivity index (χ1v) is 9.28. The quantitative estimate of drug-likeness (QED) is 0.565. The third-order valence-corrected chi connectivity index (χ3v) is 4.37. The van der Waals surface area contributed by atoms with E-state index in [4.69, 9.17) is 21.1 Å². The smallest absolute Gasteiger partial charge is 0.224 e. The highest BCUT2D eigenvalue weighted by molar-refractivity contribution is 6.31. The molecular weight excluding hydrogens is 376 g/mol. The van der Waals surface area contributed by atoms with E-state index in [1.165, 1.54) is 5.56 Å². The van der Waals surface area contributed by atoms with Gasteiger partial charge >= 0.3 is 0 Å². The van der Waals surface area contributed by atoms with E-state index in [1.54, 1.807) is 26.4 Å². The molecule has 0 bridgehead atoms. The minimum atomic E-state index is 0.567. The van der Waals surface area contributed by atoms with Crippen LogP contribution in [0.25, 0.3) is 0 Å². The van der Waals surface area contributed by atoms with E-state index >= 15 is 0 Å². The van der Waals surface area contributed by atoms with Crippen LogP contribution in [-0.2, 0) is 6.42 Å². The van der Waals surface area contributed by atoms with Gasteiger partial charge in [0.15, 0.2) is 0 Å². The van der Waals surface area contributed by atoms with Crippen molar-refractivity contribution in [2.75, 3.05) is 31.4 Å². The van der Waals surface area contributed by atoms with E-state index in [1.807, 2.05) is 31.2 Å². The molecule has 7 heteroatoms. The Hall–Kier alpha value is -2.99. The Balaban J connectivity index is 1.66. The van der Waals surface area contributed by atoms with Crippen LogP contribution in [0.2, 0.25) is 5.02 Å². The average molecular weight is 399 g/mol. The molecule has 0 atom stereocenters. The average Bonchev–Trinajstić information content (AvgIpc) is 2.68. The molecule has 0 aliphatic heterocycles. The molecule has 3 aromatic rings. The van der Waals surface area contributed by atoms with Crippen LogP contribution in [0.15, 0.2) is 48.5 Å². The van der Waals surface area contributed by atoms with Crippen LogP contribution in [0, 0.1) is 6.92 Å². The maximum atomic E-state index is 6.10. The van der Waals surface area contributed by atoms with E-state index < -0.39 is 0 Å². The Morgan fingerprint density at radius 1 is 0.964 bits per heavy atom. The molecule has 28 heavy (non-hydrogen) atoms. The van der Waals surface area contributed by atoms with E-state index in [-0.39, 0.29) is 0 Å². The van der Waals surface area contributed by atoms with Crippen LogP contribution in [0.4, 0.5) is 17.5 Å². The molecule has 0 aliphatic rings. The lowest BCUT2D eigenvalue weighted by Crippen LogP contribution is -2.09. The molecule has 3 rings (SSSR count). The van der Waals surface area contributed by atoms with Crippen molar-refractivity contribution in [2.45, 2.75) is 13.3 Å². The number of nitrogens with one attached hydrogen (secondary N) is 2. The van der Waals surface area contributed by atoms with Crippen molar-refractivity contribution in [3.8, 4) is 11.5 Å². The minimum absolute atomic E-state index is 0.567. The standard InChI is InChI=1S/C21H23ClN4O2/c1-14-12-20(25-18-13-16(22)6-9-19(18)28-3)26-21(24-14)23-11-10-15-4-7-17(27-2)8-5-15/h4-9,12-13H,10-11H2,1-3H3,(H2,23,24,25,26). The van der Waals surface area contributed by atoms with Crippen molar-refractivity contribution >= 4 is 29.1 Å². The predicted molar refractivity (Wildman–Crippen MR) is 113 cm³/mol. The number of rotatable bonds is 8. The summed E-state index contributed by atoms with van der Waals surface area (Å²) in [5, 5.41) is 7.15. The SMILES string of the molecule is COc1ccc(CCNc2nc(C)cc(Nc3cc(Cl)ccc3OC)n2)cc1. The van der Waals surface area contributed by atoms with Crippen LogP contribution >= 0.6 is 11.6 Å². The van der Waals surface area contributed by atoms with Crippen molar-refractivity contribution in [1.29, 1.82) is 0 Å². The lowest BCUT2D eigenvalue weighted by Gasteiger charge is -2.13. The van der Waals surface area contributed by atoms with Gasteiger partial charge in [0.05, 0.1) is 19.9 Å². The first-order chi connectivity index (χ1) is 13.6. The lowest BCUT2D eigenvalue weighted by atomic mass is 10.1. The van der Waals surface area contributed by atoms with Crippen molar-refractivity contribution < 1.29 is 9.47 Å². The van der Waals surface area contributed by atoms with Gasteiger partial charge in [-0.05, 0) is 49.2 Å². The van der Waals surface area contributed by atoms with E-state index in [9.17, 15) is 0 Å². The number of benzene rings is 2. The van der Waals surface area contributed by atoms with Gasteiger partial charge in [-0.3, -0.25) is 0 Å². The van der Waals surface area contributed by atoms with Crippen LogP contribution in [0.5, 0.6) is 11.5 Å². The summed E-state index contributed by atoms with van der Waals surface area (Å²) >= 11 is 6.10. The minimum Gasteiger partial charge on any atom is -0.497 e. The monoisotopic (exact) mass is 398 g/mol. The van der Waals surface area contributed by atoms with Gasteiger partial charge in [0.25, 0.3) is 0 Å². The molecule has 6 nitrogen and oxygen atoms in total. The van der Waals surface area contributed by atoms with E-state index in [2.05, 4.69) is 32.7 Å². The number of methoxy groups -OCH3 is 2. The van der Waals surface area contributed by atoms with Crippen molar-refractivity contribution in [3.63, 3.8) is 0 Å². The van der Waals surface area contributed by atoms with Gasteiger partial charge in [0.2, 0.25) is 5.95 Å². The van der Waals surface area contributed by atoms with Gasteiger partial charge in [-0.1, -0.05) is 23.7 Å². The third kappa shape index (κ3) is 5.27. The largest absolute Gasteiger partial charge is 0.497 e. The topological polar surface area (TPSA) is 68.3 Å². The molecule has 146 valence electrons. The molecule has 2 N–H and O–H groups in total. The lowest BCUT2D eigenvalue weighted by molar-refractivity contribution is 0.414. The number of anilines is 3. The van der Waals surface area contributed by atoms with Crippen LogP contribution < -0.4 is 20.1 Å². The van der Waals surface area contributed by atoms with Crippen LogP contribution in [0.3, 0.4) is 0 Å². The third-order valence-electron chi connectivity index (χ3n) is 4.13. The van der Waals surface area contributed by atoms with Crippen molar-refractivity contribution in [1.82, 2.24) is 9.97 Å². The van der Waals surface area contributed by atoms with Gasteiger partial charge in [0, 0.05) is 23.3 Å². The zero-order valence-corrected chi connectivity index (χ0v) is 16.9. The molecule has 0 radical (unpaired) electrons. The summed E-state index contributed by atoms with van der Waals surface area (Å²) in [6.45, 7) is 2.65. The van der Waals surface area contributed by atoms with Gasteiger partial charge in [-0.25, -0.2) is 4.98 Å². The molecular formula is C21H23ClN4O2. The molecule has 0 aliphatic carbocycles. The Morgan fingerprint density at radius 2 is 1.75 bits per heavy atom. The fourth-order valence-corrected chi connectivity index (χ4v) is 2.91. The van der Waals surface area contributed by atoms with Crippen LogP contribution in [-0.4, -0.2) is 30.7 Å². The fourth-order valence-electron chi connectivity index (χ4n) is 2.74. The second kappa shape index (κ2) is 9.28. The Morgan fingerprint density at radius 3 is 2.46 bits per heavy atom. The Labute approximate surface area is 169 Å². The van der Waals surface area contributed by atoms with Crippen molar-refractivity contribution in [2.24, 2.45) is 0 Å². The second-order valence-electron chi connectivity index (χ2n) is 6.21. The number of ether oxygens (including phenoxy) is 2. The summed E-state index contributed by atoms with van der Waals surface area (Å²) in [6.07, 6.45) is 0.853. The Bertz CT molecular complexity index is 932. The first-order valence-electron chi connectivity index (χ1n) is 8.90. The van der Waals surface area contributed by atoms with Gasteiger partial charge in [-0.2, -0.15) is 4.98 Å². The normalized spacial score (nSPS) is 10.4. The van der Waals surface area contributed by atoms with Gasteiger partial charge in [-0.15, -0.1) is 0 Å². The molecule has 0 unspecified atom stereocenters. The number of halogens is 1. The number of hydrogen-bond donors (Lipinski definition) is 2. The summed E-state index contributed by atoms with van der Waals surface area (Å²) in [5.41, 5.74) is 2.81. The first kappa shape index (κ1) is 19.8. The molecule has 1 heterocycles. The number of hydrogen-bond acceptors (Lipinski definition) is 6. The highest BCUT2D eigenvalue weighted by Gasteiger charge is 2.08. The molecule has 0 fully saturated rings. The van der Waals surface area contributed by atoms with E-state index in [0.29, 0.717) is 22.5 Å². The summed E-state index contributed by atoms with van der Waals surface area (Å²) in [6, 6.07) is 15.3. The highest BCUT2D eigenvalue weighted by Crippen LogP contribution is 2.30.